The van der Waals surface area contributed by atoms with Gasteiger partial charge < -0.3 is 15.0 Å². The molecule has 1 aromatic rings. The Labute approximate surface area is 111 Å². The maximum absolute atomic E-state index is 11.3. The fraction of sp³-hybridized carbons (Fsp3) is 0.429. The molecule has 1 N–H and O–H groups in total. The topological polar surface area (TPSA) is 65.4 Å². The zero-order chi connectivity index (χ0) is 13.5. The van der Waals surface area contributed by atoms with Crippen molar-refractivity contribution >= 4 is 17.3 Å². The van der Waals surface area contributed by atoms with Crippen molar-refractivity contribution in [3.05, 3.63) is 23.8 Å². The molecule has 0 radical (unpaired) electrons. The second-order valence-electron chi connectivity index (χ2n) is 5.31. The molecule has 1 amide bonds. The lowest BCUT2D eigenvalue weighted by Crippen LogP contribution is -2.49. The van der Waals surface area contributed by atoms with Crippen molar-refractivity contribution in [2.24, 2.45) is 5.41 Å². The minimum Gasteiger partial charge on any atom is -0.378 e. The maximum Gasteiger partial charge on any atom is 0.228 e. The monoisotopic (exact) mass is 257 g/mol. The first-order valence-electron chi connectivity index (χ1n) is 6.25. The lowest BCUT2D eigenvalue weighted by Gasteiger charge is -2.38. The zero-order valence-corrected chi connectivity index (χ0v) is 10.8. The van der Waals surface area contributed by atoms with E-state index >= 15 is 0 Å². The number of hydrogen-bond acceptors (Lipinski definition) is 4. The van der Waals surface area contributed by atoms with Crippen LogP contribution in [0.4, 0.5) is 11.4 Å². The standard InChI is InChI=1S/C14H15N3O2/c1-17(7-14(6-15)8-19-9-14)11-2-3-12-10(4-11)5-13(18)16-12/h2-4H,5,7-9H2,1H3,(H,16,18). The van der Waals surface area contributed by atoms with Crippen LogP contribution in [0.25, 0.3) is 0 Å². The molecule has 1 saturated heterocycles. The first-order valence-corrected chi connectivity index (χ1v) is 6.25. The lowest BCUT2D eigenvalue weighted by molar-refractivity contribution is -0.115. The van der Waals surface area contributed by atoms with Crippen LogP contribution in [0, 0.1) is 16.7 Å². The smallest absolute Gasteiger partial charge is 0.228 e. The number of amides is 1. The van der Waals surface area contributed by atoms with E-state index in [9.17, 15) is 10.1 Å². The number of nitriles is 1. The number of carbonyl (C=O) groups excluding carboxylic acids is 1. The van der Waals surface area contributed by atoms with Gasteiger partial charge in [-0.2, -0.15) is 5.26 Å². The Morgan fingerprint density at radius 3 is 2.95 bits per heavy atom. The van der Waals surface area contributed by atoms with Crippen LogP contribution in [0.15, 0.2) is 18.2 Å². The molecule has 0 atom stereocenters. The van der Waals surface area contributed by atoms with Gasteiger partial charge in [-0.25, -0.2) is 0 Å². The van der Waals surface area contributed by atoms with Crippen LogP contribution in [-0.4, -0.2) is 32.7 Å². The van der Waals surface area contributed by atoms with Crippen LogP contribution in [0.2, 0.25) is 0 Å². The van der Waals surface area contributed by atoms with Crippen LogP contribution in [0.5, 0.6) is 0 Å². The minimum atomic E-state index is -0.387. The third-order valence-electron chi connectivity index (χ3n) is 3.69. The zero-order valence-electron chi connectivity index (χ0n) is 10.8. The fourth-order valence-electron chi connectivity index (χ4n) is 2.54. The summed E-state index contributed by atoms with van der Waals surface area (Å²) < 4.78 is 5.15. The number of rotatable bonds is 3. The van der Waals surface area contributed by atoms with Gasteiger partial charge in [0.1, 0.15) is 5.41 Å². The van der Waals surface area contributed by atoms with E-state index in [2.05, 4.69) is 16.3 Å². The number of fused-ring (bicyclic) bond motifs is 1. The summed E-state index contributed by atoms with van der Waals surface area (Å²) in [6.45, 7) is 1.64. The molecular weight excluding hydrogens is 242 g/mol. The predicted molar refractivity (Wildman–Crippen MR) is 70.9 cm³/mol. The minimum absolute atomic E-state index is 0.0377. The average molecular weight is 257 g/mol. The van der Waals surface area contributed by atoms with E-state index in [1.165, 1.54) is 0 Å². The van der Waals surface area contributed by atoms with Crippen LogP contribution in [-0.2, 0) is 16.0 Å². The highest BCUT2D eigenvalue weighted by Gasteiger charge is 2.40. The van der Waals surface area contributed by atoms with Gasteiger partial charge in [-0.3, -0.25) is 4.79 Å². The van der Waals surface area contributed by atoms with E-state index in [-0.39, 0.29) is 11.3 Å². The van der Waals surface area contributed by atoms with Crippen LogP contribution >= 0.6 is 0 Å². The van der Waals surface area contributed by atoms with Crippen molar-refractivity contribution in [2.75, 3.05) is 37.0 Å². The van der Waals surface area contributed by atoms with Crippen molar-refractivity contribution in [3.63, 3.8) is 0 Å². The van der Waals surface area contributed by atoms with Crippen LogP contribution in [0.3, 0.4) is 0 Å². The van der Waals surface area contributed by atoms with E-state index in [0.717, 1.165) is 16.9 Å². The molecule has 98 valence electrons. The molecule has 19 heavy (non-hydrogen) atoms. The highest BCUT2D eigenvalue weighted by atomic mass is 16.5. The van der Waals surface area contributed by atoms with E-state index in [0.29, 0.717) is 26.2 Å². The van der Waals surface area contributed by atoms with Crippen molar-refractivity contribution in [1.29, 1.82) is 5.26 Å². The largest absolute Gasteiger partial charge is 0.378 e. The molecule has 0 saturated carbocycles. The van der Waals surface area contributed by atoms with Crippen molar-refractivity contribution < 1.29 is 9.53 Å². The summed E-state index contributed by atoms with van der Waals surface area (Å²) in [5.74, 6) is 0.0377. The van der Waals surface area contributed by atoms with Gasteiger partial charge in [0.25, 0.3) is 0 Å². The molecule has 0 bridgehead atoms. The Bertz CT molecular complexity index is 573. The third kappa shape index (κ3) is 2.04. The van der Waals surface area contributed by atoms with Crippen LogP contribution < -0.4 is 10.2 Å². The summed E-state index contributed by atoms with van der Waals surface area (Å²) in [4.78, 5) is 13.4. The van der Waals surface area contributed by atoms with Gasteiger partial charge in [-0.15, -0.1) is 0 Å². The van der Waals surface area contributed by atoms with Crippen molar-refractivity contribution in [3.8, 4) is 6.07 Å². The summed E-state index contributed by atoms with van der Waals surface area (Å²) in [7, 11) is 1.96. The third-order valence-corrected chi connectivity index (χ3v) is 3.69. The molecule has 0 aromatic heterocycles. The maximum atomic E-state index is 11.3. The molecule has 2 aliphatic rings. The van der Waals surface area contributed by atoms with E-state index in [1.807, 2.05) is 25.2 Å². The molecule has 0 unspecified atom stereocenters. The summed E-state index contributed by atoms with van der Waals surface area (Å²) in [5.41, 5.74) is 2.55. The van der Waals surface area contributed by atoms with E-state index < -0.39 is 0 Å². The highest BCUT2D eigenvalue weighted by Crippen LogP contribution is 2.31. The molecular formula is C14H15N3O2. The lowest BCUT2D eigenvalue weighted by atomic mass is 9.87. The quantitative estimate of drug-likeness (QED) is 0.882. The molecule has 0 spiro atoms. The fourth-order valence-corrected chi connectivity index (χ4v) is 2.54. The number of anilines is 2. The molecule has 2 aliphatic heterocycles. The Hall–Kier alpha value is -2.06. The Morgan fingerprint density at radius 1 is 1.53 bits per heavy atom. The first kappa shape index (κ1) is 12.0. The molecule has 5 nitrogen and oxygen atoms in total. The molecule has 0 aliphatic carbocycles. The number of benzene rings is 1. The normalized spacial score (nSPS) is 19.1. The number of hydrogen-bond donors (Lipinski definition) is 1. The summed E-state index contributed by atoms with van der Waals surface area (Å²) in [5, 5.41) is 12.0. The van der Waals surface area contributed by atoms with Gasteiger partial charge in [0.2, 0.25) is 5.91 Å². The predicted octanol–water partition coefficient (Wildman–Crippen LogP) is 1.16. The Balaban J connectivity index is 1.78. The molecule has 2 heterocycles. The van der Waals surface area contributed by atoms with Crippen molar-refractivity contribution in [1.82, 2.24) is 0 Å². The Morgan fingerprint density at radius 2 is 2.32 bits per heavy atom. The summed E-state index contributed by atoms with van der Waals surface area (Å²) in [6, 6.07) is 8.24. The van der Waals surface area contributed by atoms with Crippen molar-refractivity contribution in [2.45, 2.75) is 6.42 Å². The van der Waals surface area contributed by atoms with Gasteiger partial charge in [0.05, 0.1) is 25.7 Å². The summed E-state index contributed by atoms with van der Waals surface area (Å²) >= 11 is 0. The van der Waals surface area contributed by atoms with Gasteiger partial charge in [-0.05, 0) is 23.8 Å². The van der Waals surface area contributed by atoms with Gasteiger partial charge in [0.15, 0.2) is 0 Å². The second kappa shape index (κ2) is 4.25. The molecule has 1 aromatic carbocycles. The average Bonchev–Trinajstić information content (AvgIpc) is 2.72. The van der Waals surface area contributed by atoms with Gasteiger partial charge in [-0.1, -0.05) is 0 Å². The number of ether oxygens (including phenoxy) is 1. The van der Waals surface area contributed by atoms with Crippen LogP contribution in [0.1, 0.15) is 5.56 Å². The Kier molecular flexibility index (Phi) is 2.68. The highest BCUT2D eigenvalue weighted by molar-refractivity contribution is 5.99. The second-order valence-corrected chi connectivity index (χ2v) is 5.31. The molecule has 3 rings (SSSR count). The van der Waals surface area contributed by atoms with Gasteiger partial charge >= 0.3 is 0 Å². The number of nitrogens with one attached hydrogen (secondary N) is 1. The molecule has 5 heteroatoms. The summed E-state index contributed by atoms with van der Waals surface area (Å²) in [6.07, 6.45) is 0.434. The SMILES string of the molecule is CN(CC1(C#N)COC1)c1ccc2c(c1)CC(=O)N2. The van der Waals surface area contributed by atoms with E-state index in [1.54, 1.807) is 0 Å². The number of nitrogens with zero attached hydrogens (tertiary/aromatic N) is 2. The molecule has 1 fully saturated rings. The van der Waals surface area contributed by atoms with Gasteiger partial charge in [0, 0.05) is 25.0 Å². The number of carbonyl (C=O) groups is 1. The first-order chi connectivity index (χ1) is 9.12. The van der Waals surface area contributed by atoms with E-state index in [4.69, 9.17) is 4.74 Å².